The van der Waals surface area contributed by atoms with Crippen LogP contribution in [0, 0.1) is 23.2 Å². The van der Waals surface area contributed by atoms with Crippen molar-refractivity contribution in [3.05, 3.63) is 23.3 Å². The highest BCUT2D eigenvalue weighted by molar-refractivity contribution is 5.94. The molecule has 0 aliphatic heterocycles. The van der Waals surface area contributed by atoms with Crippen LogP contribution in [0.3, 0.4) is 0 Å². The second-order valence-electron chi connectivity index (χ2n) is 6.24. The van der Waals surface area contributed by atoms with E-state index in [9.17, 15) is 9.59 Å². The fraction of sp³-hybridized carbons (Fsp3) is 0.600. The SMILES string of the molecule is C[C@H]1C=C(C=O)C(C=O)=C[C@@H]2CC(C)(C)C[C@@H]21. The molecule has 92 valence electrons. The first kappa shape index (κ1) is 12.3. The van der Waals surface area contributed by atoms with Crippen molar-refractivity contribution < 1.29 is 9.59 Å². The number of hydrogen-bond donors (Lipinski definition) is 0. The van der Waals surface area contributed by atoms with Crippen LogP contribution in [0.1, 0.15) is 33.6 Å². The average Bonchev–Trinajstić information content (AvgIpc) is 2.52. The van der Waals surface area contributed by atoms with Crippen molar-refractivity contribution in [2.75, 3.05) is 0 Å². The first-order valence-electron chi connectivity index (χ1n) is 6.31. The number of fused-ring (bicyclic) bond motifs is 1. The van der Waals surface area contributed by atoms with Crippen LogP contribution in [-0.2, 0) is 9.59 Å². The van der Waals surface area contributed by atoms with Gasteiger partial charge < -0.3 is 0 Å². The molecule has 1 saturated carbocycles. The van der Waals surface area contributed by atoms with Crippen molar-refractivity contribution in [3.63, 3.8) is 0 Å². The molecule has 0 amide bonds. The summed E-state index contributed by atoms with van der Waals surface area (Å²) in [6, 6.07) is 0. The normalized spacial score (nSPS) is 35.4. The molecule has 2 aliphatic carbocycles. The number of carbonyl (C=O) groups is 2. The third-order valence-electron chi connectivity index (χ3n) is 4.23. The van der Waals surface area contributed by atoms with Crippen LogP contribution in [-0.4, -0.2) is 12.6 Å². The van der Waals surface area contributed by atoms with Crippen molar-refractivity contribution in [3.8, 4) is 0 Å². The number of carbonyl (C=O) groups excluding carboxylic acids is 2. The van der Waals surface area contributed by atoms with Gasteiger partial charge >= 0.3 is 0 Å². The largest absolute Gasteiger partial charge is 0.298 e. The molecule has 17 heavy (non-hydrogen) atoms. The lowest BCUT2D eigenvalue weighted by atomic mass is 9.84. The highest BCUT2D eigenvalue weighted by atomic mass is 16.1. The fourth-order valence-electron chi connectivity index (χ4n) is 3.47. The smallest absolute Gasteiger partial charge is 0.150 e. The molecule has 0 aromatic carbocycles. The van der Waals surface area contributed by atoms with Crippen molar-refractivity contribution >= 4 is 12.6 Å². The molecule has 0 unspecified atom stereocenters. The van der Waals surface area contributed by atoms with Gasteiger partial charge in [0, 0.05) is 11.1 Å². The highest BCUT2D eigenvalue weighted by Crippen LogP contribution is 2.50. The maximum Gasteiger partial charge on any atom is 0.150 e. The van der Waals surface area contributed by atoms with Gasteiger partial charge in [0.05, 0.1) is 0 Å². The minimum absolute atomic E-state index is 0.348. The molecule has 2 nitrogen and oxygen atoms in total. The second kappa shape index (κ2) is 4.25. The van der Waals surface area contributed by atoms with Gasteiger partial charge in [0.2, 0.25) is 0 Å². The van der Waals surface area contributed by atoms with Crippen molar-refractivity contribution in [1.29, 1.82) is 0 Å². The molecule has 0 aromatic rings. The van der Waals surface area contributed by atoms with Crippen LogP contribution < -0.4 is 0 Å². The lowest BCUT2D eigenvalue weighted by molar-refractivity contribution is -0.107. The van der Waals surface area contributed by atoms with E-state index < -0.39 is 0 Å². The summed E-state index contributed by atoms with van der Waals surface area (Å²) in [7, 11) is 0. The summed E-state index contributed by atoms with van der Waals surface area (Å²) in [5.74, 6) is 1.38. The molecular formula is C15H20O2. The third-order valence-corrected chi connectivity index (χ3v) is 4.23. The van der Waals surface area contributed by atoms with Gasteiger partial charge in [-0.05, 0) is 36.0 Å². The van der Waals surface area contributed by atoms with E-state index in [0.717, 1.165) is 19.0 Å². The summed E-state index contributed by atoms with van der Waals surface area (Å²) in [4.78, 5) is 22.1. The Balaban J connectivity index is 2.39. The molecule has 2 aliphatic rings. The van der Waals surface area contributed by atoms with Gasteiger partial charge in [0.15, 0.2) is 0 Å². The summed E-state index contributed by atoms with van der Waals surface area (Å²) in [6.07, 6.45) is 7.91. The molecule has 2 heteroatoms. The molecule has 0 spiro atoms. The summed E-state index contributed by atoms with van der Waals surface area (Å²) in [6.45, 7) is 6.73. The minimum Gasteiger partial charge on any atom is -0.298 e. The van der Waals surface area contributed by atoms with E-state index in [2.05, 4.69) is 20.8 Å². The van der Waals surface area contributed by atoms with E-state index in [1.807, 2.05) is 12.2 Å². The van der Waals surface area contributed by atoms with Gasteiger partial charge in [-0.25, -0.2) is 0 Å². The Morgan fingerprint density at radius 2 is 1.71 bits per heavy atom. The average molecular weight is 232 g/mol. The zero-order valence-corrected chi connectivity index (χ0v) is 10.8. The zero-order chi connectivity index (χ0) is 12.6. The van der Waals surface area contributed by atoms with Crippen LogP contribution in [0.5, 0.6) is 0 Å². The van der Waals surface area contributed by atoms with Crippen LogP contribution in [0.25, 0.3) is 0 Å². The van der Waals surface area contributed by atoms with Gasteiger partial charge in [-0.1, -0.05) is 32.9 Å². The Morgan fingerprint density at radius 3 is 2.29 bits per heavy atom. The minimum atomic E-state index is 0.348. The summed E-state index contributed by atoms with van der Waals surface area (Å²) in [5, 5.41) is 0. The maximum atomic E-state index is 11.1. The number of aldehydes is 2. The van der Waals surface area contributed by atoms with Gasteiger partial charge in [-0.2, -0.15) is 0 Å². The van der Waals surface area contributed by atoms with Crippen molar-refractivity contribution in [2.24, 2.45) is 23.2 Å². The Bertz CT molecular complexity index is 401. The number of hydrogen-bond acceptors (Lipinski definition) is 2. The summed E-state index contributed by atoms with van der Waals surface area (Å²) >= 11 is 0. The monoisotopic (exact) mass is 232 g/mol. The lowest BCUT2D eigenvalue weighted by Crippen LogP contribution is -2.13. The molecule has 0 N–H and O–H groups in total. The van der Waals surface area contributed by atoms with Gasteiger partial charge in [0.25, 0.3) is 0 Å². The zero-order valence-electron chi connectivity index (χ0n) is 10.8. The van der Waals surface area contributed by atoms with E-state index >= 15 is 0 Å². The van der Waals surface area contributed by atoms with E-state index in [-0.39, 0.29) is 0 Å². The van der Waals surface area contributed by atoms with E-state index in [0.29, 0.717) is 34.3 Å². The van der Waals surface area contributed by atoms with Crippen LogP contribution >= 0.6 is 0 Å². The first-order chi connectivity index (χ1) is 7.96. The molecular weight excluding hydrogens is 212 g/mol. The number of rotatable bonds is 2. The third kappa shape index (κ3) is 2.26. The predicted molar refractivity (Wildman–Crippen MR) is 67.5 cm³/mol. The molecule has 0 bridgehead atoms. The van der Waals surface area contributed by atoms with Crippen LogP contribution in [0.15, 0.2) is 23.3 Å². The lowest BCUT2D eigenvalue weighted by Gasteiger charge is -2.20. The highest BCUT2D eigenvalue weighted by Gasteiger charge is 2.41. The summed E-state index contributed by atoms with van der Waals surface area (Å²) in [5.41, 5.74) is 1.50. The first-order valence-corrected chi connectivity index (χ1v) is 6.31. The van der Waals surface area contributed by atoms with E-state index in [1.54, 1.807) is 0 Å². The Labute approximate surface area is 103 Å². The molecule has 0 saturated heterocycles. The Morgan fingerprint density at radius 1 is 1.12 bits per heavy atom. The van der Waals surface area contributed by atoms with Gasteiger partial charge in [-0.3, -0.25) is 9.59 Å². The van der Waals surface area contributed by atoms with Crippen molar-refractivity contribution in [1.82, 2.24) is 0 Å². The second-order valence-corrected chi connectivity index (χ2v) is 6.24. The molecule has 0 radical (unpaired) electrons. The molecule has 3 atom stereocenters. The van der Waals surface area contributed by atoms with Crippen molar-refractivity contribution in [2.45, 2.75) is 33.6 Å². The summed E-state index contributed by atoms with van der Waals surface area (Å²) < 4.78 is 0. The van der Waals surface area contributed by atoms with Gasteiger partial charge in [0.1, 0.15) is 12.6 Å². The fourth-order valence-corrected chi connectivity index (χ4v) is 3.47. The van der Waals surface area contributed by atoms with Crippen LogP contribution in [0.4, 0.5) is 0 Å². The molecule has 2 rings (SSSR count). The van der Waals surface area contributed by atoms with E-state index in [4.69, 9.17) is 0 Å². The molecule has 0 heterocycles. The quantitative estimate of drug-likeness (QED) is 0.686. The molecule has 0 aromatic heterocycles. The van der Waals surface area contributed by atoms with Gasteiger partial charge in [-0.15, -0.1) is 0 Å². The maximum absolute atomic E-state index is 11.1. The Hall–Kier alpha value is -1.18. The standard InChI is InChI=1S/C15H20O2/c1-10-4-12(8-16)13(9-17)5-11-6-15(2,3)7-14(10)11/h4-5,8-11,14H,6-7H2,1-3H3/t10-,11+,14+/m0/s1. The van der Waals surface area contributed by atoms with Crippen LogP contribution in [0.2, 0.25) is 0 Å². The predicted octanol–water partition coefficient (Wildman–Crippen LogP) is 2.94. The topological polar surface area (TPSA) is 34.1 Å². The number of allylic oxidation sites excluding steroid dienone is 4. The van der Waals surface area contributed by atoms with E-state index in [1.165, 1.54) is 6.42 Å². The molecule has 1 fully saturated rings. The Kier molecular flexibility index (Phi) is 3.07.